The van der Waals surface area contributed by atoms with Crippen molar-refractivity contribution in [2.24, 2.45) is 11.8 Å². The molecule has 1 aromatic rings. The minimum Gasteiger partial charge on any atom is -0.296 e. The van der Waals surface area contributed by atoms with Gasteiger partial charge in [0.1, 0.15) is 0 Å². The molecule has 0 aromatic heterocycles. The quantitative estimate of drug-likeness (QED) is 0.727. The lowest BCUT2D eigenvalue weighted by atomic mass is 9.77. The van der Waals surface area contributed by atoms with Crippen LogP contribution in [0.1, 0.15) is 44.2 Å². The zero-order valence-corrected chi connectivity index (χ0v) is 12.9. The molecule has 3 rings (SSSR count). The van der Waals surface area contributed by atoms with Crippen LogP contribution in [0.5, 0.6) is 0 Å². The van der Waals surface area contributed by atoms with Crippen LogP contribution in [0.4, 0.5) is 0 Å². The molecular formula is C16H21Cl2N. The Balaban J connectivity index is 1.93. The number of likely N-dealkylation sites (tertiary alicyclic amines) is 1. The highest BCUT2D eigenvalue weighted by Gasteiger charge is 2.42. The molecule has 104 valence electrons. The first-order valence-corrected chi connectivity index (χ1v) is 8.15. The van der Waals surface area contributed by atoms with Crippen molar-refractivity contribution in [1.29, 1.82) is 0 Å². The van der Waals surface area contributed by atoms with E-state index in [4.69, 9.17) is 23.2 Å². The van der Waals surface area contributed by atoms with E-state index in [0.29, 0.717) is 16.1 Å². The van der Waals surface area contributed by atoms with E-state index >= 15 is 0 Å². The van der Waals surface area contributed by atoms with Crippen molar-refractivity contribution in [2.45, 2.75) is 38.6 Å². The van der Waals surface area contributed by atoms with Crippen LogP contribution in [0.15, 0.2) is 18.2 Å². The largest absolute Gasteiger partial charge is 0.296 e. The number of halogens is 2. The maximum atomic E-state index is 6.21. The molecule has 1 aromatic carbocycles. The molecule has 1 saturated heterocycles. The number of hydrogen-bond donors (Lipinski definition) is 0. The maximum absolute atomic E-state index is 6.21. The fourth-order valence-corrected chi connectivity index (χ4v) is 4.35. The number of benzene rings is 1. The second kappa shape index (κ2) is 5.63. The van der Waals surface area contributed by atoms with E-state index in [1.54, 1.807) is 0 Å². The number of rotatable bonds is 2. The number of hydrogen-bond acceptors (Lipinski definition) is 1. The average Bonchev–Trinajstić information content (AvgIpc) is 2.80. The molecule has 0 radical (unpaired) electrons. The standard InChI is InChI=1S/C16H21Cl2N/c1-2-19-10-12-5-3-4-6-13(12)16(19)11-7-8-14(17)15(18)9-11/h7-9,12-13,16H,2-6,10H2,1H3. The van der Waals surface area contributed by atoms with Gasteiger partial charge in [-0.1, -0.05) is 49.0 Å². The van der Waals surface area contributed by atoms with Gasteiger partial charge in [-0.05, 0) is 48.9 Å². The van der Waals surface area contributed by atoms with Crippen molar-refractivity contribution in [3.05, 3.63) is 33.8 Å². The van der Waals surface area contributed by atoms with E-state index in [1.165, 1.54) is 37.8 Å². The molecule has 3 heteroatoms. The Morgan fingerprint density at radius 2 is 1.95 bits per heavy atom. The molecular weight excluding hydrogens is 277 g/mol. The van der Waals surface area contributed by atoms with Crippen LogP contribution >= 0.6 is 23.2 Å². The van der Waals surface area contributed by atoms with E-state index in [1.807, 2.05) is 6.07 Å². The van der Waals surface area contributed by atoms with Crippen LogP contribution in [-0.2, 0) is 0 Å². The van der Waals surface area contributed by atoms with Crippen LogP contribution in [-0.4, -0.2) is 18.0 Å². The van der Waals surface area contributed by atoms with Crippen LogP contribution in [0.2, 0.25) is 10.0 Å². The normalized spacial score (nSPS) is 31.4. The van der Waals surface area contributed by atoms with Crippen molar-refractivity contribution in [3.63, 3.8) is 0 Å². The van der Waals surface area contributed by atoms with E-state index in [0.717, 1.165) is 18.4 Å². The molecule has 0 N–H and O–H groups in total. The van der Waals surface area contributed by atoms with E-state index < -0.39 is 0 Å². The summed E-state index contributed by atoms with van der Waals surface area (Å²) in [6.45, 7) is 4.64. The third kappa shape index (κ3) is 2.53. The Labute approximate surface area is 125 Å². The first-order chi connectivity index (χ1) is 9.20. The van der Waals surface area contributed by atoms with Gasteiger partial charge < -0.3 is 0 Å². The van der Waals surface area contributed by atoms with Gasteiger partial charge in [0.25, 0.3) is 0 Å². The monoisotopic (exact) mass is 297 g/mol. The van der Waals surface area contributed by atoms with Crippen LogP contribution in [0.3, 0.4) is 0 Å². The van der Waals surface area contributed by atoms with E-state index in [-0.39, 0.29) is 0 Å². The molecule has 0 spiro atoms. The fourth-order valence-electron chi connectivity index (χ4n) is 4.04. The van der Waals surface area contributed by atoms with E-state index in [9.17, 15) is 0 Å². The molecule has 3 unspecified atom stereocenters. The first-order valence-electron chi connectivity index (χ1n) is 7.39. The minimum atomic E-state index is 0.546. The molecule has 1 aliphatic carbocycles. The summed E-state index contributed by atoms with van der Waals surface area (Å²) in [7, 11) is 0. The van der Waals surface area contributed by atoms with Crippen molar-refractivity contribution in [3.8, 4) is 0 Å². The molecule has 2 aliphatic rings. The highest BCUT2D eigenvalue weighted by molar-refractivity contribution is 6.42. The number of fused-ring (bicyclic) bond motifs is 1. The van der Waals surface area contributed by atoms with Crippen molar-refractivity contribution in [2.75, 3.05) is 13.1 Å². The summed E-state index contributed by atoms with van der Waals surface area (Å²) in [5.74, 6) is 1.69. The molecule has 1 aliphatic heterocycles. The Kier molecular flexibility index (Phi) is 4.07. The van der Waals surface area contributed by atoms with Gasteiger partial charge in [-0.15, -0.1) is 0 Å². The lowest BCUT2D eigenvalue weighted by Gasteiger charge is -2.31. The second-order valence-electron chi connectivity index (χ2n) is 5.91. The summed E-state index contributed by atoms with van der Waals surface area (Å²) in [5, 5.41) is 1.35. The van der Waals surface area contributed by atoms with Gasteiger partial charge in [-0.3, -0.25) is 4.90 Å². The lowest BCUT2D eigenvalue weighted by Crippen LogP contribution is -2.25. The maximum Gasteiger partial charge on any atom is 0.0595 e. The van der Waals surface area contributed by atoms with Crippen molar-refractivity contribution < 1.29 is 0 Å². The van der Waals surface area contributed by atoms with Crippen LogP contribution in [0.25, 0.3) is 0 Å². The molecule has 1 nitrogen and oxygen atoms in total. The molecule has 3 atom stereocenters. The summed E-state index contributed by atoms with van der Waals surface area (Å²) < 4.78 is 0. The highest BCUT2D eigenvalue weighted by Crippen LogP contribution is 2.48. The van der Waals surface area contributed by atoms with Gasteiger partial charge >= 0.3 is 0 Å². The topological polar surface area (TPSA) is 3.24 Å². The van der Waals surface area contributed by atoms with Gasteiger partial charge in [-0.2, -0.15) is 0 Å². The van der Waals surface area contributed by atoms with Gasteiger partial charge in [0.2, 0.25) is 0 Å². The summed E-state index contributed by atoms with van der Waals surface area (Å²) >= 11 is 12.3. The fraction of sp³-hybridized carbons (Fsp3) is 0.625. The summed E-state index contributed by atoms with van der Waals surface area (Å²) in [6.07, 6.45) is 5.56. The highest BCUT2D eigenvalue weighted by atomic mass is 35.5. The predicted octanol–water partition coefficient (Wildman–Crippen LogP) is 5.18. The lowest BCUT2D eigenvalue weighted by molar-refractivity contribution is 0.220. The Morgan fingerprint density at radius 1 is 1.16 bits per heavy atom. The Hall–Kier alpha value is -0.240. The second-order valence-corrected chi connectivity index (χ2v) is 6.73. The Morgan fingerprint density at radius 3 is 2.68 bits per heavy atom. The van der Waals surface area contributed by atoms with Gasteiger partial charge in [0.05, 0.1) is 10.0 Å². The minimum absolute atomic E-state index is 0.546. The molecule has 1 saturated carbocycles. The van der Waals surface area contributed by atoms with Gasteiger partial charge in [-0.25, -0.2) is 0 Å². The number of nitrogens with zero attached hydrogens (tertiary/aromatic N) is 1. The smallest absolute Gasteiger partial charge is 0.0595 e. The SMILES string of the molecule is CCN1CC2CCCCC2C1c1ccc(Cl)c(Cl)c1. The average molecular weight is 298 g/mol. The molecule has 0 amide bonds. The van der Waals surface area contributed by atoms with E-state index in [2.05, 4.69) is 24.0 Å². The Bertz CT molecular complexity index is 460. The summed E-state index contributed by atoms with van der Waals surface area (Å²) in [6, 6.07) is 6.74. The molecule has 0 bridgehead atoms. The zero-order valence-electron chi connectivity index (χ0n) is 11.4. The van der Waals surface area contributed by atoms with Crippen LogP contribution < -0.4 is 0 Å². The summed E-state index contributed by atoms with van der Waals surface area (Å²) in [4.78, 5) is 2.63. The molecule has 19 heavy (non-hydrogen) atoms. The third-order valence-corrected chi connectivity index (χ3v) is 5.67. The molecule has 1 heterocycles. The predicted molar refractivity (Wildman–Crippen MR) is 81.9 cm³/mol. The van der Waals surface area contributed by atoms with Crippen molar-refractivity contribution >= 4 is 23.2 Å². The van der Waals surface area contributed by atoms with Gasteiger partial charge in [0, 0.05) is 12.6 Å². The van der Waals surface area contributed by atoms with Gasteiger partial charge in [0.15, 0.2) is 0 Å². The third-order valence-electron chi connectivity index (χ3n) is 4.93. The van der Waals surface area contributed by atoms with Crippen molar-refractivity contribution in [1.82, 2.24) is 4.90 Å². The summed E-state index contributed by atoms with van der Waals surface area (Å²) in [5.41, 5.74) is 1.35. The zero-order chi connectivity index (χ0) is 13.4. The van der Waals surface area contributed by atoms with Crippen LogP contribution in [0, 0.1) is 11.8 Å². The molecule has 2 fully saturated rings. The first kappa shape index (κ1) is 13.7.